The van der Waals surface area contributed by atoms with E-state index in [9.17, 15) is 26.3 Å². The fourth-order valence-electron chi connectivity index (χ4n) is 3.62. The number of alkyl halides is 6. The summed E-state index contributed by atoms with van der Waals surface area (Å²) in [6.07, 6.45) is -8.00. The Morgan fingerprint density at radius 1 is 1.00 bits per heavy atom. The second kappa shape index (κ2) is 7.68. The Hall–Kier alpha value is -2.76. The van der Waals surface area contributed by atoms with Gasteiger partial charge in [-0.3, -0.25) is 4.98 Å². The van der Waals surface area contributed by atoms with Gasteiger partial charge in [-0.25, -0.2) is 15.0 Å². The zero-order chi connectivity index (χ0) is 23.4. The molecule has 32 heavy (non-hydrogen) atoms. The fraction of sp³-hybridized carbons (Fsp3) is 0.400. The van der Waals surface area contributed by atoms with Gasteiger partial charge in [-0.15, -0.1) is 11.3 Å². The molecule has 4 rings (SSSR count). The van der Waals surface area contributed by atoms with Crippen molar-refractivity contribution in [2.75, 3.05) is 4.90 Å². The molecule has 0 aliphatic carbocycles. The first-order chi connectivity index (χ1) is 14.8. The van der Waals surface area contributed by atoms with Crippen molar-refractivity contribution in [3.05, 3.63) is 52.0 Å². The maximum absolute atomic E-state index is 13.2. The molecule has 0 spiro atoms. The number of thiazole rings is 1. The number of nitrogens with zero attached hydrogens (tertiary/aromatic N) is 5. The van der Waals surface area contributed by atoms with Crippen LogP contribution in [0.1, 0.15) is 47.5 Å². The number of aromatic nitrogens is 4. The van der Waals surface area contributed by atoms with Gasteiger partial charge in [-0.2, -0.15) is 26.3 Å². The zero-order valence-corrected chi connectivity index (χ0v) is 17.9. The third kappa shape index (κ3) is 4.15. The first-order valence-electron chi connectivity index (χ1n) is 9.57. The molecule has 1 aliphatic rings. The van der Waals surface area contributed by atoms with Gasteiger partial charge in [0.15, 0.2) is 0 Å². The second-order valence-corrected chi connectivity index (χ2v) is 8.85. The largest absolute Gasteiger partial charge is 0.433 e. The molecule has 1 atom stereocenters. The highest BCUT2D eigenvalue weighted by atomic mass is 32.1. The van der Waals surface area contributed by atoms with Crippen LogP contribution in [-0.2, 0) is 18.9 Å². The molecule has 12 heteroatoms. The Labute approximate surface area is 183 Å². The van der Waals surface area contributed by atoms with Gasteiger partial charge in [0.1, 0.15) is 16.4 Å². The van der Waals surface area contributed by atoms with E-state index >= 15 is 0 Å². The van der Waals surface area contributed by atoms with Crippen molar-refractivity contribution in [1.82, 2.24) is 19.9 Å². The molecule has 4 heterocycles. The Bertz CT molecular complexity index is 1140. The molecule has 0 aromatic carbocycles. The van der Waals surface area contributed by atoms with E-state index < -0.39 is 23.7 Å². The van der Waals surface area contributed by atoms with Gasteiger partial charge in [0.2, 0.25) is 5.95 Å². The number of fused-ring (bicyclic) bond motifs is 1. The van der Waals surface area contributed by atoms with Crippen LogP contribution in [0.15, 0.2) is 24.4 Å². The van der Waals surface area contributed by atoms with Crippen molar-refractivity contribution in [1.29, 1.82) is 0 Å². The van der Waals surface area contributed by atoms with Crippen LogP contribution in [0.5, 0.6) is 0 Å². The minimum Gasteiger partial charge on any atom is -0.327 e. The zero-order valence-electron chi connectivity index (χ0n) is 17.1. The first-order valence-corrected chi connectivity index (χ1v) is 10.4. The SMILES string of the molecule is Cc1cc(C(F)(F)F)nc(N2Cc3sc(-c4ccc(C(F)(F)F)nc4)nc3[C@H]2C(C)C)n1. The molecular formula is C20H17F6N5S. The topological polar surface area (TPSA) is 54.8 Å². The van der Waals surface area contributed by atoms with Gasteiger partial charge in [-0.05, 0) is 31.0 Å². The summed E-state index contributed by atoms with van der Waals surface area (Å²) >= 11 is 1.27. The number of hydrogen-bond donors (Lipinski definition) is 0. The maximum atomic E-state index is 13.2. The van der Waals surface area contributed by atoms with Crippen molar-refractivity contribution < 1.29 is 26.3 Å². The van der Waals surface area contributed by atoms with E-state index in [0.717, 1.165) is 23.2 Å². The van der Waals surface area contributed by atoms with Gasteiger partial charge in [0.05, 0.1) is 18.3 Å². The van der Waals surface area contributed by atoms with E-state index in [1.54, 1.807) is 4.90 Å². The molecule has 0 radical (unpaired) electrons. The average molecular weight is 473 g/mol. The van der Waals surface area contributed by atoms with Gasteiger partial charge in [0.25, 0.3) is 0 Å². The highest BCUT2D eigenvalue weighted by molar-refractivity contribution is 7.15. The summed E-state index contributed by atoms with van der Waals surface area (Å²) in [4.78, 5) is 18.5. The monoisotopic (exact) mass is 473 g/mol. The predicted octanol–water partition coefficient (Wildman–Crippen LogP) is 6.06. The quantitative estimate of drug-likeness (QED) is 0.433. The Morgan fingerprint density at radius 3 is 2.25 bits per heavy atom. The van der Waals surface area contributed by atoms with Crippen LogP contribution < -0.4 is 4.90 Å². The fourth-order valence-corrected chi connectivity index (χ4v) is 4.71. The molecule has 0 fully saturated rings. The van der Waals surface area contributed by atoms with E-state index in [4.69, 9.17) is 0 Å². The van der Waals surface area contributed by atoms with Crippen LogP contribution in [0, 0.1) is 12.8 Å². The van der Waals surface area contributed by atoms with Gasteiger partial charge in [-0.1, -0.05) is 13.8 Å². The van der Waals surface area contributed by atoms with Crippen LogP contribution in [-0.4, -0.2) is 19.9 Å². The molecular weight excluding hydrogens is 456 g/mol. The lowest BCUT2D eigenvalue weighted by Crippen LogP contribution is -2.28. The molecule has 1 aliphatic heterocycles. The first kappa shape index (κ1) is 22.4. The summed E-state index contributed by atoms with van der Waals surface area (Å²) in [5.41, 5.74) is -0.698. The third-order valence-electron chi connectivity index (χ3n) is 4.98. The van der Waals surface area contributed by atoms with E-state index in [2.05, 4.69) is 19.9 Å². The summed E-state index contributed by atoms with van der Waals surface area (Å²) < 4.78 is 78.0. The Kier molecular flexibility index (Phi) is 5.38. The average Bonchev–Trinajstić information content (AvgIpc) is 3.24. The van der Waals surface area contributed by atoms with E-state index in [-0.39, 0.29) is 30.1 Å². The van der Waals surface area contributed by atoms with Crippen LogP contribution in [0.4, 0.5) is 32.3 Å². The normalized spacial score (nSPS) is 16.7. The minimum atomic E-state index is -4.60. The van der Waals surface area contributed by atoms with Crippen molar-refractivity contribution in [2.45, 2.75) is 45.7 Å². The van der Waals surface area contributed by atoms with E-state index in [1.165, 1.54) is 24.3 Å². The van der Waals surface area contributed by atoms with Gasteiger partial charge in [0, 0.05) is 22.3 Å². The summed E-state index contributed by atoms with van der Waals surface area (Å²) in [5.74, 6) is -0.0608. The smallest absolute Gasteiger partial charge is 0.327 e. The van der Waals surface area contributed by atoms with Crippen molar-refractivity contribution in [3.63, 3.8) is 0 Å². The summed E-state index contributed by atoms with van der Waals surface area (Å²) in [7, 11) is 0. The molecule has 170 valence electrons. The Morgan fingerprint density at radius 2 is 1.69 bits per heavy atom. The standard InChI is InChI=1S/C20H17F6N5S/c1-9(2)16-15-12(8-31(16)18-28-10(3)6-14(29-18)20(24,25)26)32-17(30-15)11-4-5-13(27-7-11)19(21,22)23/h4-7,9,16H,8H2,1-3H3/t16-/m1/s1. The summed E-state index contributed by atoms with van der Waals surface area (Å²) in [6.45, 7) is 5.55. The Balaban J connectivity index is 1.68. The van der Waals surface area contributed by atoms with Crippen LogP contribution in [0.2, 0.25) is 0 Å². The van der Waals surface area contributed by atoms with Crippen LogP contribution in [0.3, 0.4) is 0 Å². The number of pyridine rings is 1. The van der Waals surface area contributed by atoms with Crippen LogP contribution in [0.25, 0.3) is 10.6 Å². The molecule has 0 saturated heterocycles. The highest BCUT2D eigenvalue weighted by Gasteiger charge is 2.40. The number of rotatable bonds is 3. The minimum absolute atomic E-state index is 0.0287. The lowest BCUT2D eigenvalue weighted by molar-refractivity contribution is -0.142. The predicted molar refractivity (Wildman–Crippen MR) is 106 cm³/mol. The van der Waals surface area contributed by atoms with Gasteiger partial charge < -0.3 is 4.90 Å². The van der Waals surface area contributed by atoms with Gasteiger partial charge >= 0.3 is 12.4 Å². The number of halogens is 6. The van der Waals surface area contributed by atoms with Crippen molar-refractivity contribution in [3.8, 4) is 10.6 Å². The molecule has 0 amide bonds. The number of anilines is 1. The summed E-state index contributed by atoms with van der Waals surface area (Å²) in [5, 5.41) is 0.502. The molecule has 0 unspecified atom stereocenters. The summed E-state index contributed by atoms with van der Waals surface area (Å²) in [6, 6.07) is 2.73. The number of hydrogen-bond acceptors (Lipinski definition) is 6. The van der Waals surface area contributed by atoms with E-state index in [1.807, 2.05) is 13.8 Å². The van der Waals surface area contributed by atoms with Crippen molar-refractivity contribution in [2.24, 2.45) is 5.92 Å². The molecule has 0 bridgehead atoms. The molecule has 3 aromatic rings. The molecule has 5 nitrogen and oxygen atoms in total. The number of aryl methyl sites for hydroxylation is 1. The second-order valence-electron chi connectivity index (χ2n) is 7.77. The van der Waals surface area contributed by atoms with Crippen LogP contribution >= 0.6 is 11.3 Å². The molecule has 3 aromatic heterocycles. The lowest BCUT2D eigenvalue weighted by atomic mass is 10.0. The molecule has 0 N–H and O–H groups in total. The maximum Gasteiger partial charge on any atom is 0.433 e. The third-order valence-corrected chi connectivity index (χ3v) is 6.08. The van der Waals surface area contributed by atoms with E-state index in [0.29, 0.717) is 16.3 Å². The molecule has 0 saturated carbocycles. The van der Waals surface area contributed by atoms with Crippen molar-refractivity contribution >= 4 is 17.3 Å². The highest BCUT2D eigenvalue weighted by Crippen LogP contribution is 2.45. The lowest BCUT2D eigenvalue weighted by Gasteiger charge is -2.28.